The maximum Gasteiger partial charge on any atom is 0.342 e. The highest BCUT2D eigenvalue weighted by Crippen LogP contribution is 2.28. The molecule has 17 heavy (non-hydrogen) atoms. The second kappa shape index (κ2) is 4.20. The van der Waals surface area contributed by atoms with Crippen molar-refractivity contribution in [3.8, 4) is 0 Å². The highest BCUT2D eigenvalue weighted by Gasteiger charge is 2.20. The van der Waals surface area contributed by atoms with Crippen LogP contribution in [0.1, 0.15) is 28.6 Å². The fourth-order valence-corrected chi connectivity index (χ4v) is 1.82. The summed E-state index contributed by atoms with van der Waals surface area (Å²) in [6, 6.07) is 3.12. The predicted molar refractivity (Wildman–Crippen MR) is 61.6 cm³/mol. The SMILES string of the molecule is CCc1cc2cc(F)c(C)c(C(=O)OC)c2o1. The van der Waals surface area contributed by atoms with Gasteiger partial charge in [0.25, 0.3) is 0 Å². The molecule has 0 saturated heterocycles. The standard InChI is InChI=1S/C13H13FO3/c1-4-9-5-8-6-10(14)7(2)11(12(8)17-9)13(15)16-3/h5-6H,4H2,1-3H3. The van der Waals surface area contributed by atoms with Gasteiger partial charge in [0.2, 0.25) is 0 Å². The number of halogens is 1. The minimum Gasteiger partial charge on any atom is -0.465 e. The van der Waals surface area contributed by atoms with E-state index in [-0.39, 0.29) is 11.1 Å². The van der Waals surface area contributed by atoms with Crippen LogP contribution in [0.3, 0.4) is 0 Å². The van der Waals surface area contributed by atoms with Gasteiger partial charge in [0.15, 0.2) is 0 Å². The molecule has 0 amide bonds. The number of hydrogen-bond donors (Lipinski definition) is 0. The number of methoxy groups -OCH3 is 1. The zero-order valence-electron chi connectivity index (χ0n) is 9.96. The van der Waals surface area contributed by atoms with Crippen LogP contribution in [-0.2, 0) is 11.2 Å². The van der Waals surface area contributed by atoms with Gasteiger partial charge in [-0.3, -0.25) is 0 Å². The Bertz CT molecular complexity index is 584. The van der Waals surface area contributed by atoms with Crippen molar-refractivity contribution >= 4 is 16.9 Å². The lowest BCUT2D eigenvalue weighted by Gasteiger charge is -2.05. The third kappa shape index (κ3) is 1.79. The van der Waals surface area contributed by atoms with Crippen molar-refractivity contribution in [2.75, 3.05) is 7.11 Å². The molecule has 0 N–H and O–H groups in total. The van der Waals surface area contributed by atoms with Crippen molar-refractivity contribution in [2.24, 2.45) is 0 Å². The summed E-state index contributed by atoms with van der Waals surface area (Å²) in [5, 5.41) is 0.588. The molecule has 0 aliphatic heterocycles. The third-order valence-electron chi connectivity index (χ3n) is 2.79. The maximum absolute atomic E-state index is 13.7. The normalized spacial score (nSPS) is 10.8. The van der Waals surface area contributed by atoms with Crippen LogP contribution in [0.15, 0.2) is 16.5 Å². The molecular formula is C13H13FO3. The Morgan fingerprint density at radius 1 is 1.47 bits per heavy atom. The molecule has 2 aromatic rings. The topological polar surface area (TPSA) is 39.4 Å². The third-order valence-corrected chi connectivity index (χ3v) is 2.79. The van der Waals surface area contributed by atoms with E-state index in [2.05, 4.69) is 4.74 Å². The van der Waals surface area contributed by atoms with Crippen molar-refractivity contribution < 1.29 is 18.3 Å². The second-order valence-corrected chi connectivity index (χ2v) is 3.83. The molecule has 90 valence electrons. The first-order valence-corrected chi connectivity index (χ1v) is 5.38. The molecule has 3 nitrogen and oxygen atoms in total. The quantitative estimate of drug-likeness (QED) is 0.751. The van der Waals surface area contributed by atoms with E-state index in [1.807, 2.05) is 6.92 Å². The van der Waals surface area contributed by atoms with Crippen LogP contribution in [0.25, 0.3) is 11.0 Å². The Labute approximate surface area is 98.2 Å². The second-order valence-electron chi connectivity index (χ2n) is 3.83. The Morgan fingerprint density at radius 2 is 2.18 bits per heavy atom. The van der Waals surface area contributed by atoms with Crippen molar-refractivity contribution in [3.63, 3.8) is 0 Å². The molecule has 0 spiro atoms. The molecule has 2 rings (SSSR count). The van der Waals surface area contributed by atoms with Crippen LogP contribution in [0.4, 0.5) is 4.39 Å². The van der Waals surface area contributed by atoms with Crippen LogP contribution in [-0.4, -0.2) is 13.1 Å². The van der Waals surface area contributed by atoms with E-state index < -0.39 is 11.8 Å². The molecule has 0 atom stereocenters. The highest BCUT2D eigenvalue weighted by atomic mass is 19.1. The zero-order chi connectivity index (χ0) is 12.6. The van der Waals surface area contributed by atoms with Crippen molar-refractivity contribution in [1.82, 2.24) is 0 Å². The summed E-state index contributed by atoms with van der Waals surface area (Å²) < 4.78 is 23.9. The Hall–Kier alpha value is -1.84. The van der Waals surface area contributed by atoms with E-state index in [4.69, 9.17) is 4.42 Å². The highest BCUT2D eigenvalue weighted by molar-refractivity contribution is 6.03. The number of carbonyl (C=O) groups is 1. The summed E-state index contributed by atoms with van der Waals surface area (Å²) in [6.07, 6.45) is 0.690. The molecule has 1 heterocycles. The van der Waals surface area contributed by atoms with Gasteiger partial charge >= 0.3 is 5.97 Å². The van der Waals surface area contributed by atoms with E-state index in [9.17, 15) is 9.18 Å². The smallest absolute Gasteiger partial charge is 0.342 e. The minimum absolute atomic E-state index is 0.169. The average molecular weight is 236 g/mol. The Morgan fingerprint density at radius 3 is 2.76 bits per heavy atom. The van der Waals surface area contributed by atoms with E-state index in [1.54, 1.807) is 6.07 Å². The van der Waals surface area contributed by atoms with Crippen molar-refractivity contribution in [2.45, 2.75) is 20.3 Å². The summed E-state index contributed by atoms with van der Waals surface area (Å²) in [6.45, 7) is 3.47. The number of ether oxygens (including phenoxy) is 1. The molecule has 0 unspecified atom stereocenters. The van der Waals surface area contributed by atoms with Gasteiger partial charge in [0.05, 0.1) is 7.11 Å². The first-order valence-electron chi connectivity index (χ1n) is 5.38. The molecule has 0 aliphatic carbocycles. The molecule has 1 aromatic heterocycles. The molecule has 1 aromatic carbocycles. The Balaban J connectivity index is 2.80. The fourth-order valence-electron chi connectivity index (χ4n) is 1.82. The number of benzene rings is 1. The summed E-state index contributed by atoms with van der Waals surface area (Å²) in [4.78, 5) is 11.6. The number of fused-ring (bicyclic) bond motifs is 1. The van der Waals surface area contributed by atoms with Gasteiger partial charge < -0.3 is 9.15 Å². The van der Waals surface area contributed by atoms with E-state index in [0.29, 0.717) is 17.4 Å². The average Bonchev–Trinajstić information content (AvgIpc) is 2.72. The van der Waals surface area contributed by atoms with Crippen LogP contribution >= 0.6 is 0 Å². The first-order chi connectivity index (χ1) is 8.08. The van der Waals surface area contributed by atoms with Crippen LogP contribution in [0.2, 0.25) is 0 Å². The number of hydrogen-bond acceptors (Lipinski definition) is 3. The first kappa shape index (κ1) is 11.6. The summed E-state index contributed by atoms with van der Waals surface area (Å²) >= 11 is 0. The molecule has 4 heteroatoms. The maximum atomic E-state index is 13.7. The van der Waals surface area contributed by atoms with Gasteiger partial charge in [-0.2, -0.15) is 0 Å². The molecule has 0 aliphatic rings. The number of aryl methyl sites for hydroxylation is 1. The lowest BCUT2D eigenvalue weighted by molar-refractivity contribution is 0.0600. The molecule has 0 saturated carbocycles. The molecular weight excluding hydrogens is 223 g/mol. The number of rotatable bonds is 2. The van der Waals surface area contributed by atoms with Gasteiger partial charge in [-0.1, -0.05) is 6.92 Å². The number of esters is 1. The van der Waals surface area contributed by atoms with E-state index in [1.165, 1.54) is 20.1 Å². The van der Waals surface area contributed by atoms with E-state index >= 15 is 0 Å². The van der Waals surface area contributed by atoms with Crippen molar-refractivity contribution in [3.05, 3.63) is 34.8 Å². The molecule has 0 radical (unpaired) electrons. The van der Waals surface area contributed by atoms with Crippen LogP contribution < -0.4 is 0 Å². The van der Waals surface area contributed by atoms with Gasteiger partial charge in [-0.05, 0) is 19.1 Å². The number of furan rings is 1. The zero-order valence-corrected chi connectivity index (χ0v) is 9.96. The van der Waals surface area contributed by atoms with Gasteiger partial charge in [-0.25, -0.2) is 9.18 Å². The van der Waals surface area contributed by atoms with E-state index in [0.717, 1.165) is 5.76 Å². The number of carbonyl (C=O) groups excluding carboxylic acids is 1. The Kier molecular flexibility index (Phi) is 2.88. The van der Waals surface area contributed by atoms with Gasteiger partial charge in [0.1, 0.15) is 22.7 Å². The minimum atomic E-state index is -0.580. The molecule has 0 fully saturated rings. The fraction of sp³-hybridized carbons (Fsp3) is 0.308. The molecule has 0 bridgehead atoms. The summed E-state index contributed by atoms with van der Waals surface area (Å²) in [5.74, 6) is -0.291. The lowest BCUT2D eigenvalue weighted by Crippen LogP contribution is -2.05. The monoisotopic (exact) mass is 236 g/mol. The lowest BCUT2D eigenvalue weighted by atomic mass is 10.1. The largest absolute Gasteiger partial charge is 0.465 e. The van der Waals surface area contributed by atoms with Crippen LogP contribution in [0, 0.1) is 12.7 Å². The van der Waals surface area contributed by atoms with Crippen LogP contribution in [0.5, 0.6) is 0 Å². The summed E-state index contributed by atoms with van der Waals surface area (Å²) in [5.41, 5.74) is 0.816. The van der Waals surface area contributed by atoms with Gasteiger partial charge in [0, 0.05) is 17.4 Å². The summed E-state index contributed by atoms with van der Waals surface area (Å²) in [7, 11) is 1.27. The predicted octanol–water partition coefficient (Wildman–Crippen LogP) is 3.23. The van der Waals surface area contributed by atoms with Crippen molar-refractivity contribution in [1.29, 1.82) is 0 Å². The van der Waals surface area contributed by atoms with Gasteiger partial charge in [-0.15, -0.1) is 0 Å².